The van der Waals surface area contributed by atoms with E-state index in [0.29, 0.717) is 0 Å². The number of hydrogen-bond donors (Lipinski definition) is 4. The summed E-state index contributed by atoms with van der Waals surface area (Å²) < 4.78 is 0. The van der Waals surface area contributed by atoms with Gasteiger partial charge in [0.1, 0.15) is 5.84 Å². The van der Waals surface area contributed by atoms with Crippen LogP contribution in [0.5, 0.6) is 0 Å². The maximum atomic E-state index is 9.25. The molecule has 0 saturated heterocycles. The molecule has 0 aromatic rings. The second-order valence-electron chi connectivity index (χ2n) is 5.83. The standard InChI is InChI=1S/C13H29N3O2/c1-5-13(4,10-17)15-9-7-6-8-12(2,3)11(14)16-18/h15,17-18H,5-10H2,1-4H3,(H2,14,16). The largest absolute Gasteiger partial charge is 0.409 e. The average molecular weight is 259 g/mol. The quantitative estimate of drug-likeness (QED) is 0.167. The van der Waals surface area contributed by atoms with Gasteiger partial charge in [-0.1, -0.05) is 32.3 Å². The van der Waals surface area contributed by atoms with Gasteiger partial charge in [0, 0.05) is 11.0 Å². The summed E-state index contributed by atoms with van der Waals surface area (Å²) in [5.41, 5.74) is 5.19. The zero-order valence-corrected chi connectivity index (χ0v) is 12.2. The Morgan fingerprint density at radius 1 is 1.28 bits per heavy atom. The van der Waals surface area contributed by atoms with Crippen molar-refractivity contribution < 1.29 is 10.3 Å². The van der Waals surface area contributed by atoms with Crippen LogP contribution in [0.3, 0.4) is 0 Å². The van der Waals surface area contributed by atoms with Gasteiger partial charge in [0.2, 0.25) is 0 Å². The Kier molecular flexibility index (Phi) is 7.25. The van der Waals surface area contributed by atoms with E-state index >= 15 is 0 Å². The minimum atomic E-state index is -0.264. The summed E-state index contributed by atoms with van der Waals surface area (Å²) in [5.74, 6) is 0.282. The number of aliphatic hydroxyl groups is 1. The molecule has 0 aliphatic heterocycles. The summed E-state index contributed by atoms with van der Waals surface area (Å²) in [5, 5.41) is 24.4. The third kappa shape index (κ3) is 5.69. The third-order valence-electron chi connectivity index (χ3n) is 3.71. The average Bonchev–Trinajstić information content (AvgIpc) is 2.36. The Morgan fingerprint density at radius 3 is 2.33 bits per heavy atom. The van der Waals surface area contributed by atoms with Gasteiger partial charge in [0.05, 0.1) is 6.61 Å². The molecule has 0 heterocycles. The minimum Gasteiger partial charge on any atom is -0.409 e. The lowest BCUT2D eigenvalue weighted by Crippen LogP contribution is -2.45. The van der Waals surface area contributed by atoms with E-state index in [2.05, 4.69) is 17.4 Å². The number of hydrogen-bond acceptors (Lipinski definition) is 4. The molecule has 0 fully saturated rings. The molecule has 5 N–H and O–H groups in total. The number of rotatable bonds is 9. The van der Waals surface area contributed by atoms with Crippen LogP contribution >= 0.6 is 0 Å². The molecular weight excluding hydrogens is 230 g/mol. The Morgan fingerprint density at radius 2 is 1.89 bits per heavy atom. The maximum Gasteiger partial charge on any atom is 0.144 e. The first-order chi connectivity index (χ1) is 8.31. The number of oxime groups is 1. The third-order valence-corrected chi connectivity index (χ3v) is 3.71. The van der Waals surface area contributed by atoms with Crippen molar-refractivity contribution in [2.45, 2.75) is 58.9 Å². The van der Waals surface area contributed by atoms with Crippen molar-refractivity contribution in [1.29, 1.82) is 0 Å². The van der Waals surface area contributed by atoms with Gasteiger partial charge in [-0.3, -0.25) is 0 Å². The number of amidine groups is 1. The molecule has 18 heavy (non-hydrogen) atoms. The van der Waals surface area contributed by atoms with E-state index in [9.17, 15) is 5.11 Å². The molecule has 0 amide bonds. The van der Waals surface area contributed by atoms with Crippen LogP contribution in [0.4, 0.5) is 0 Å². The van der Waals surface area contributed by atoms with Crippen molar-refractivity contribution in [3.63, 3.8) is 0 Å². The van der Waals surface area contributed by atoms with E-state index in [0.717, 1.165) is 32.2 Å². The molecule has 0 rings (SSSR count). The molecule has 0 aliphatic carbocycles. The maximum absolute atomic E-state index is 9.25. The van der Waals surface area contributed by atoms with Gasteiger partial charge in [-0.05, 0) is 32.7 Å². The van der Waals surface area contributed by atoms with Gasteiger partial charge in [0.25, 0.3) is 0 Å². The molecule has 0 aromatic heterocycles. The predicted molar refractivity (Wildman–Crippen MR) is 74.8 cm³/mol. The lowest BCUT2D eigenvalue weighted by molar-refractivity contribution is 0.169. The molecule has 0 spiro atoms. The fourth-order valence-electron chi connectivity index (χ4n) is 1.64. The van der Waals surface area contributed by atoms with Crippen LogP contribution in [0.25, 0.3) is 0 Å². The zero-order chi connectivity index (χ0) is 14.2. The second kappa shape index (κ2) is 7.59. The first-order valence-electron chi connectivity index (χ1n) is 6.65. The summed E-state index contributed by atoms with van der Waals surface area (Å²) in [7, 11) is 0. The van der Waals surface area contributed by atoms with Crippen LogP contribution in [0.1, 0.15) is 53.4 Å². The number of aliphatic hydroxyl groups excluding tert-OH is 1. The lowest BCUT2D eigenvalue weighted by Gasteiger charge is -2.28. The molecule has 1 unspecified atom stereocenters. The summed E-state index contributed by atoms with van der Waals surface area (Å²) in [6.07, 6.45) is 3.80. The molecule has 0 saturated carbocycles. The van der Waals surface area contributed by atoms with Crippen LogP contribution < -0.4 is 11.1 Å². The highest BCUT2D eigenvalue weighted by Gasteiger charge is 2.23. The highest BCUT2D eigenvalue weighted by Crippen LogP contribution is 2.23. The SMILES string of the molecule is CCC(C)(CO)NCCCCC(C)(C)C(N)=NO. The topological polar surface area (TPSA) is 90.9 Å². The van der Waals surface area contributed by atoms with Crippen molar-refractivity contribution in [3.8, 4) is 0 Å². The van der Waals surface area contributed by atoms with E-state index in [-0.39, 0.29) is 23.4 Å². The van der Waals surface area contributed by atoms with Crippen LogP contribution in [0.15, 0.2) is 5.16 Å². The Labute approximate surface area is 110 Å². The van der Waals surface area contributed by atoms with Crippen molar-refractivity contribution in [2.75, 3.05) is 13.2 Å². The Balaban J connectivity index is 3.88. The number of nitrogens with one attached hydrogen (secondary N) is 1. The highest BCUT2D eigenvalue weighted by molar-refractivity contribution is 5.85. The number of unbranched alkanes of at least 4 members (excludes halogenated alkanes) is 1. The van der Waals surface area contributed by atoms with E-state index in [4.69, 9.17) is 10.9 Å². The van der Waals surface area contributed by atoms with Gasteiger partial charge < -0.3 is 21.4 Å². The number of nitrogens with two attached hydrogens (primary N) is 1. The van der Waals surface area contributed by atoms with Gasteiger partial charge in [-0.15, -0.1) is 0 Å². The molecule has 1 atom stereocenters. The van der Waals surface area contributed by atoms with E-state index in [1.54, 1.807) is 0 Å². The summed E-state index contributed by atoms with van der Waals surface area (Å²) in [6.45, 7) is 9.05. The molecule has 5 heteroatoms. The Bertz CT molecular complexity index is 261. The molecule has 0 aliphatic rings. The number of nitrogens with zero attached hydrogens (tertiary/aromatic N) is 1. The predicted octanol–water partition coefficient (Wildman–Crippen LogP) is 1.68. The molecule has 0 bridgehead atoms. The van der Waals surface area contributed by atoms with E-state index < -0.39 is 0 Å². The summed E-state index contributed by atoms with van der Waals surface area (Å²) in [6, 6.07) is 0. The molecular formula is C13H29N3O2. The van der Waals surface area contributed by atoms with Crippen LogP contribution in [-0.2, 0) is 0 Å². The van der Waals surface area contributed by atoms with Crippen molar-refractivity contribution in [3.05, 3.63) is 0 Å². The van der Waals surface area contributed by atoms with Gasteiger partial charge in [0.15, 0.2) is 0 Å². The van der Waals surface area contributed by atoms with E-state index in [1.807, 2.05) is 20.8 Å². The van der Waals surface area contributed by atoms with Crippen LogP contribution in [0.2, 0.25) is 0 Å². The minimum absolute atomic E-state index is 0.152. The van der Waals surface area contributed by atoms with Gasteiger partial charge in [-0.2, -0.15) is 0 Å². The first-order valence-corrected chi connectivity index (χ1v) is 6.65. The molecule has 0 radical (unpaired) electrons. The van der Waals surface area contributed by atoms with Crippen LogP contribution in [0, 0.1) is 5.41 Å². The monoisotopic (exact) mass is 259 g/mol. The van der Waals surface area contributed by atoms with Crippen molar-refractivity contribution in [2.24, 2.45) is 16.3 Å². The molecule has 5 nitrogen and oxygen atoms in total. The fourth-order valence-corrected chi connectivity index (χ4v) is 1.64. The van der Waals surface area contributed by atoms with Crippen molar-refractivity contribution >= 4 is 5.84 Å². The lowest BCUT2D eigenvalue weighted by atomic mass is 9.86. The highest BCUT2D eigenvalue weighted by atomic mass is 16.4. The normalized spacial score (nSPS) is 16.6. The first kappa shape index (κ1) is 17.2. The Hall–Kier alpha value is -0.810. The summed E-state index contributed by atoms with van der Waals surface area (Å²) in [4.78, 5) is 0. The van der Waals surface area contributed by atoms with Crippen LogP contribution in [-0.4, -0.2) is 34.8 Å². The smallest absolute Gasteiger partial charge is 0.144 e. The molecule has 0 aromatic carbocycles. The van der Waals surface area contributed by atoms with Crippen molar-refractivity contribution in [1.82, 2.24) is 5.32 Å². The zero-order valence-electron chi connectivity index (χ0n) is 12.2. The molecule has 108 valence electrons. The second-order valence-corrected chi connectivity index (χ2v) is 5.83. The summed E-state index contributed by atoms with van der Waals surface area (Å²) >= 11 is 0. The van der Waals surface area contributed by atoms with E-state index in [1.165, 1.54) is 0 Å². The van der Waals surface area contributed by atoms with Gasteiger partial charge in [-0.25, -0.2) is 0 Å². The van der Waals surface area contributed by atoms with Gasteiger partial charge >= 0.3 is 0 Å². The fraction of sp³-hybridized carbons (Fsp3) is 0.923.